The van der Waals surface area contributed by atoms with Gasteiger partial charge in [0.2, 0.25) is 0 Å². The maximum absolute atomic E-state index is 11.3. The molecule has 0 unspecified atom stereocenters. The number of carbonyl (C=O) groups excluding carboxylic acids is 1. The summed E-state index contributed by atoms with van der Waals surface area (Å²) >= 11 is 0. The summed E-state index contributed by atoms with van der Waals surface area (Å²) in [6.07, 6.45) is 5.83. The van der Waals surface area contributed by atoms with Gasteiger partial charge in [-0.2, -0.15) is 0 Å². The second-order valence-electron chi connectivity index (χ2n) is 3.22. The van der Waals surface area contributed by atoms with Crippen molar-refractivity contribution in [3.05, 3.63) is 41.4 Å². The van der Waals surface area contributed by atoms with Crippen LogP contribution in [0.5, 0.6) is 0 Å². The Kier molecular flexibility index (Phi) is 1.89. The molecule has 2 heteroatoms. The lowest BCUT2D eigenvalue weighted by Gasteiger charge is -1.92. The molecule has 0 saturated heterocycles. The third kappa shape index (κ3) is 1.61. The number of furan rings is 1. The van der Waals surface area contributed by atoms with Gasteiger partial charge in [0.25, 0.3) is 0 Å². The van der Waals surface area contributed by atoms with Crippen LogP contribution in [0, 0.1) is 0 Å². The van der Waals surface area contributed by atoms with Crippen molar-refractivity contribution in [2.75, 3.05) is 0 Å². The van der Waals surface area contributed by atoms with Crippen molar-refractivity contribution in [3.8, 4) is 0 Å². The standard InChI is InChI=1S/C11H10O2/c1-8-5-9(11(12)6-8)7-10-3-2-4-13-10/h2-4,6-7H,5H2,1H3. The number of rotatable bonds is 1. The topological polar surface area (TPSA) is 30.2 Å². The number of hydrogen-bond acceptors (Lipinski definition) is 2. The summed E-state index contributed by atoms with van der Waals surface area (Å²) in [6, 6.07) is 3.65. The number of ketones is 1. The van der Waals surface area contributed by atoms with E-state index in [4.69, 9.17) is 4.42 Å². The second kappa shape index (κ2) is 3.05. The number of allylic oxidation sites excluding steroid dienone is 3. The molecule has 2 nitrogen and oxygen atoms in total. The van der Waals surface area contributed by atoms with E-state index in [-0.39, 0.29) is 5.78 Å². The molecule has 0 amide bonds. The minimum Gasteiger partial charge on any atom is -0.465 e. The largest absolute Gasteiger partial charge is 0.465 e. The van der Waals surface area contributed by atoms with Crippen molar-refractivity contribution in [2.45, 2.75) is 13.3 Å². The summed E-state index contributed by atoms with van der Waals surface area (Å²) in [5, 5.41) is 0. The minimum absolute atomic E-state index is 0.105. The van der Waals surface area contributed by atoms with E-state index >= 15 is 0 Å². The highest BCUT2D eigenvalue weighted by molar-refractivity contribution is 6.10. The van der Waals surface area contributed by atoms with Crippen molar-refractivity contribution < 1.29 is 9.21 Å². The van der Waals surface area contributed by atoms with Crippen molar-refractivity contribution >= 4 is 11.9 Å². The van der Waals surface area contributed by atoms with Gasteiger partial charge in [-0.15, -0.1) is 0 Å². The maximum atomic E-state index is 11.3. The predicted molar refractivity (Wildman–Crippen MR) is 50.1 cm³/mol. The lowest BCUT2D eigenvalue weighted by Crippen LogP contribution is -1.89. The third-order valence-electron chi connectivity index (χ3n) is 2.02. The molecule has 1 aliphatic carbocycles. The van der Waals surface area contributed by atoms with Gasteiger partial charge in [0, 0.05) is 5.57 Å². The van der Waals surface area contributed by atoms with Crippen LogP contribution in [-0.2, 0) is 4.79 Å². The van der Waals surface area contributed by atoms with Crippen LogP contribution >= 0.6 is 0 Å². The molecule has 0 saturated carbocycles. The average molecular weight is 174 g/mol. The fraction of sp³-hybridized carbons (Fsp3) is 0.182. The van der Waals surface area contributed by atoms with Crippen LogP contribution in [0.2, 0.25) is 0 Å². The Bertz CT molecular complexity index is 380. The molecule has 0 radical (unpaired) electrons. The fourth-order valence-electron chi connectivity index (χ4n) is 1.42. The third-order valence-corrected chi connectivity index (χ3v) is 2.02. The Hall–Kier alpha value is -1.57. The first-order valence-corrected chi connectivity index (χ1v) is 4.21. The highest BCUT2D eigenvalue weighted by Gasteiger charge is 2.15. The SMILES string of the molecule is CC1=CC(=O)C(=Cc2ccco2)C1. The van der Waals surface area contributed by atoms with E-state index in [2.05, 4.69) is 0 Å². The monoisotopic (exact) mass is 174 g/mol. The van der Waals surface area contributed by atoms with E-state index in [1.165, 1.54) is 0 Å². The molecule has 1 aromatic rings. The lowest BCUT2D eigenvalue weighted by atomic mass is 10.1. The van der Waals surface area contributed by atoms with Crippen molar-refractivity contribution in [3.63, 3.8) is 0 Å². The van der Waals surface area contributed by atoms with E-state index in [9.17, 15) is 4.79 Å². The van der Waals surface area contributed by atoms with Crippen LogP contribution in [0.15, 0.2) is 40.0 Å². The lowest BCUT2D eigenvalue weighted by molar-refractivity contribution is -0.111. The molecule has 1 heterocycles. The molecule has 13 heavy (non-hydrogen) atoms. The molecule has 0 N–H and O–H groups in total. The highest BCUT2D eigenvalue weighted by Crippen LogP contribution is 2.22. The second-order valence-corrected chi connectivity index (χ2v) is 3.22. The quantitative estimate of drug-likeness (QED) is 0.612. The summed E-state index contributed by atoms with van der Waals surface area (Å²) in [4.78, 5) is 11.3. The Balaban J connectivity index is 2.25. The molecule has 0 bridgehead atoms. The van der Waals surface area contributed by atoms with Gasteiger partial charge >= 0.3 is 0 Å². The van der Waals surface area contributed by atoms with E-state index in [0.29, 0.717) is 0 Å². The van der Waals surface area contributed by atoms with Gasteiger partial charge in [0.1, 0.15) is 5.76 Å². The Morgan fingerprint density at radius 2 is 2.38 bits per heavy atom. The van der Waals surface area contributed by atoms with Gasteiger partial charge in [-0.05, 0) is 37.6 Å². The Morgan fingerprint density at radius 1 is 1.54 bits per heavy atom. The van der Waals surface area contributed by atoms with Gasteiger partial charge in [0.05, 0.1) is 6.26 Å². The first-order valence-electron chi connectivity index (χ1n) is 4.21. The first kappa shape index (κ1) is 8.05. The molecule has 1 aromatic heterocycles. The smallest absolute Gasteiger partial charge is 0.182 e. The Labute approximate surface area is 76.6 Å². The molecule has 0 aromatic carbocycles. The van der Waals surface area contributed by atoms with Crippen molar-refractivity contribution in [1.82, 2.24) is 0 Å². The van der Waals surface area contributed by atoms with Gasteiger partial charge in [-0.1, -0.05) is 5.57 Å². The molecule has 66 valence electrons. The minimum atomic E-state index is 0.105. The summed E-state index contributed by atoms with van der Waals surface area (Å²) in [5.74, 6) is 0.848. The molecule has 0 fully saturated rings. The molecule has 2 rings (SSSR count). The van der Waals surface area contributed by atoms with Crippen LogP contribution in [0.3, 0.4) is 0 Å². The molecule has 0 atom stereocenters. The fourth-order valence-corrected chi connectivity index (χ4v) is 1.42. The van der Waals surface area contributed by atoms with Crippen molar-refractivity contribution in [1.29, 1.82) is 0 Å². The normalized spacial score (nSPS) is 19.6. The zero-order valence-corrected chi connectivity index (χ0v) is 7.41. The van der Waals surface area contributed by atoms with Gasteiger partial charge in [0.15, 0.2) is 5.78 Å². The Morgan fingerprint density at radius 3 is 2.92 bits per heavy atom. The van der Waals surface area contributed by atoms with Gasteiger partial charge in [-0.25, -0.2) is 0 Å². The maximum Gasteiger partial charge on any atom is 0.182 e. The summed E-state index contributed by atoms with van der Waals surface area (Å²) in [5.41, 5.74) is 1.93. The molecular weight excluding hydrogens is 164 g/mol. The number of hydrogen-bond donors (Lipinski definition) is 0. The van der Waals surface area contributed by atoms with Crippen LogP contribution < -0.4 is 0 Å². The van der Waals surface area contributed by atoms with Crippen LogP contribution in [0.1, 0.15) is 19.1 Å². The first-order chi connectivity index (χ1) is 6.25. The average Bonchev–Trinajstić information content (AvgIpc) is 2.63. The van der Waals surface area contributed by atoms with E-state index in [1.54, 1.807) is 18.4 Å². The highest BCUT2D eigenvalue weighted by atomic mass is 16.3. The zero-order chi connectivity index (χ0) is 9.26. The van der Waals surface area contributed by atoms with Crippen molar-refractivity contribution in [2.24, 2.45) is 0 Å². The van der Waals surface area contributed by atoms with E-state index in [1.807, 2.05) is 19.1 Å². The summed E-state index contributed by atoms with van der Waals surface area (Å²) < 4.78 is 5.13. The predicted octanol–water partition coefficient (Wildman–Crippen LogP) is 2.58. The molecule has 1 aliphatic rings. The van der Waals surface area contributed by atoms with Gasteiger partial charge in [-0.3, -0.25) is 4.79 Å². The molecule has 0 spiro atoms. The van der Waals surface area contributed by atoms with Crippen LogP contribution in [0.4, 0.5) is 0 Å². The van der Waals surface area contributed by atoms with Crippen LogP contribution in [-0.4, -0.2) is 5.78 Å². The zero-order valence-electron chi connectivity index (χ0n) is 7.41. The summed E-state index contributed by atoms with van der Waals surface area (Å²) in [7, 11) is 0. The summed E-state index contributed by atoms with van der Waals surface area (Å²) in [6.45, 7) is 1.96. The molecular formula is C11H10O2. The molecule has 0 aliphatic heterocycles. The van der Waals surface area contributed by atoms with E-state index in [0.717, 1.165) is 23.3 Å². The van der Waals surface area contributed by atoms with Gasteiger partial charge < -0.3 is 4.42 Å². The number of carbonyl (C=O) groups is 1. The van der Waals surface area contributed by atoms with Crippen LogP contribution in [0.25, 0.3) is 6.08 Å². The van der Waals surface area contributed by atoms with E-state index < -0.39 is 0 Å².